The number of nitrogens with zero attached hydrogens (tertiary/aromatic N) is 2. The lowest BCUT2D eigenvalue weighted by Gasteiger charge is -2.29. The standard InChI is InChI=1S/C14H12BrF3N2O5/c1-6-3-9(15)4-8-5-10(12(14(16,17)18)24-11(6)8)13(21)23-7(2)25-20-19-22/h3-5,7,12H,1-2H3,(H,20,22)/t7?,12-/m0/s1. The average molecular weight is 425 g/mol. The molecule has 1 N–H and O–H groups in total. The van der Waals surface area contributed by atoms with Crippen LogP contribution in [0.3, 0.4) is 0 Å². The van der Waals surface area contributed by atoms with Crippen molar-refractivity contribution in [2.24, 2.45) is 10.6 Å². The van der Waals surface area contributed by atoms with Crippen LogP contribution in [0.25, 0.3) is 6.08 Å². The van der Waals surface area contributed by atoms with Crippen LogP contribution in [-0.2, 0) is 14.4 Å². The fourth-order valence-electron chi connectivity index (χ4n) is 2.19. The molecule has 0 fully saturated rings. The molecule has 1 aliphatic heterocycles. The van der Waals surface area contributed by atoms with Crippen LogP contribution in [0.4, 0.5) is 13.2 Å². The highest BCUT2D eigenvalue weighted by atomic mass is 79.9. The van der Waals surface area contributed by atoms with E-state index in [9.17, 15) is 18.0 Å². The van der Waals surface area contributed by atoms with Crippen LogP contribution in [0.2, 0.25) is 0 Å². The second-order valence-corrected chi connectivity index (χ2v) is 5.95. The zero-order chi connectivity index (χ0) is 18.8. The molecule has 11 heteroatoms. The first kappa shape index (κ1) is 19.0. The maximum atomic E-state index is 13.3. The Bertz CT molecular complexity index is 736. The quantitative estimate of drug-likeness (QED) is 0.339. The first-order chi connectivity index (χ1) is 11.6. The second-order valence-electron chi connectivity index (χ2n) is 5.03. The van der Waals surface area contributed by atoms with Crippen LogP contribution in [-0.4, -0.2) is 29.7 Å². The van der Waals surface area contributed by atoms with Crippen molar-refractivity contribution in [3.8, 4) is 5.75 Å². The van der Waals surface area contributed by atoms with Gasteiger partial charge in [-0.2, -0.15) is 13.2 Å². The molecule has 0 saturated heterocycles. The fraction of sp³-hybridized carbons (Fsp3) is 0.357. The highest BCUT2D eigenvalue weighted by Gasteiger charge is 2.49. The first-order valence-electron chi connectivity index (χ1n) is 6.79. The summed E-state index contributed by atoms with van der Waals surface area (Å²) in [5, 5.41) is 13.1. The number of hydrogen-bond acceptors (Lipinski definition) is 6. The zero-order valence-electron chi connectivity index (χ0n) is 12.9. The summed E-state index contributed by atoms with van der Waals surface area (Å²) >= 11 is 3.23. The Kier molecular flexibility index (Phi) is 5.55. The minimum absolute atomic E-state index is 0.0282. The van der Waals surface area contributed by atoms with Crippen molar-refractivity contribution >= 4 is 28.0 Å². The second kappa shape index (κ2) is 7.30. The Morgan fingerprint density at radius 2 is 2.12 bits per heavy atom. The van der Waals surface area contributed by atoms with E-state index in [1.165, 1.54) is 13.0 Å². The van der Waals surface area contributed by atoms with Gasteiger partial charge in [0.1, 0.15) is 5.75 Å². The summed E-state index contributed by atoms with van der Waals surface area (Å²) < 4.78 is 50.3. The van der Waals surface area contributed by atoms with Gasteiger partial charge in [-0.3, -0.25) is 0 Å². The lowest BCUT2D eigenvalue weighted by molar-refractivity contribution is -0.195. The van der Waals surface area contributed by atoms with E-state index in [-0.39, 0.29) is 5.75 Å². The summed E-state index contributed by atoms with van der Waals surface area (Å²) in [7, 11) is 0. The number of ether oxygens (including phenoxy) is 2. The Morgan fingerprint density at radius 3 is 2.72 bits per heavy atom. The molecule has 0 amide bonds. The number of rotatable bonds is 4. The topological polar surface area (TPSA) is 89.7 Å². The summed E-state index contributed by atoms with van der Waals surface area (Å²) in [6, 6.07) is 3.11. The minimum Gasteiger partial charge on any atom is -0.475 e. The average Bonchev–Trinajstić information content (AvgIpc) is 2.50. The molecule has 1 aromatic carbocycles. The molecule has 2 atom stereocenters. The molecule has 1 unspecified atom stereocenters. The van der Waals surface area contributed by atoms with E-state index < -0.39 is 30.1 Å². The molecule has 1 heterocycles. The van der Waals surface area contributed by atoms with Gasteiger partial charge >= 0.3 is 12.1 Å². The van der Waals surface area contributed by atoms with E-state index in [0.717, 1.165) is 6.08 Å². The summed E-state index contributed by atoms with van der Waals surface area (Å²) in [5.41, 5.74) is 0.0270. The maximum absolute atomic E-state index is 13.3. The Balaban J connectivity index is 2.39. The fourth-order valence-corrected chi connectivity index (χ4v) is 2.78. The molecule has 0 radical (unpaired) electrons. The van der Waals surface area contributed by atoms with E-state index in [1.54, 1.807) is 13.0 Å². The zero-order valence-corrected chi connectivity index (χ0v) is 14.5. The number of carbonyl (C=O) groups is 1. The van der Waals surface area contributed by atoms with Gasteiger partial charge in [0.25, 0.3) is 6.29 Å². The number of carbonyl (C=O) groups excluding carboxylic acids is 1. The number of benzene rings is 1. The van der Waals surface area contributed by atoms with Gasteiger partial charge in [0, 0.05) is 17.0 Å². The van der Waals surface area contributed by atoms with Gasteiger partial charge in [0.2, 0.25) is 6.10 Å². The summed E-state index contributed by atoms with van der Waals surface area (Å²) in [4.78, 5) is 16.5. The van der Waals surface area contributed by atoms with Gasteiger partial charge in [0.15, 0.2) is 0 Å². The monoisotopic (exact) mass is 424 g/mol. The maximum Gasteiger partial charge on any atom is 0.430 e. The molecule has 0 bridgehead atoms. The molecule has 2 rings (SSSR count). The Hall–Kier alpha value is -2.30. The van der Waals surface area contributed by atoms with Gasteiger partial charge in [-0.25, -0.2) is 4.79 Å². The molecule has 0 aliphatic carbocycles. The highest BCUT2D eigenvalue weighted by Crippen LogP contribution is 2.40. The molecule has 1 aromatic rings. The normalized spacial score (nSPS) is 18.2. The molecular weight excluding hydrogens is 413 g/mol. The van der Waals surface area contributed by atoms with Crippen LogP contribution in [0.1, 0.15) is 18.1 Å². The highest BCUT2D eigenvalue weighted by molar-refractivity contribution is 9.10. The number of hydrogen-bond donors (Lipinski definition) is 1. The Labute approximate surface area is 148 Å². The van der Waals surface area contributed by atoms with Gasteiger partial charge in [-0.05, 0) is 30.7 Å². The third kappa shape index (κ3) is 4.41. The number of fused-ring (bicyclic) bond motifs is 1. The smallest absolute Gasteiger partial charge is 0.430 e. The van der Waals surface area contributed by atoms with Crippen molar-refractivity contribution in [3.63, 3.8) is 0 Å². The van der Waals surface area contributed by atoms with Crippen LogP contribution < -0.4 is 4.74 Å². The van der Waals surface area contributed by atoms with E-state index in [1.807, 2.05) is 0 Å². The van der Waals surface area contributed by atoms with Gasteiger partial charge in [-0.1, -0.05) is 15.9 Å². The summed E-state index contributed by atoms with van der Waals surface area (Å²) in [6.07, 6.45) is -7.64. The predicted molar refractivity (Wildman–Crippen MR) is 80.6 cm³/mol. The van der Waals surface area contributed by atoms with E-state index in [0.29, 0.717) is 15.6 Å². The Morgan fingerprint density at radius 1 is 1.44 bits per heavy atom. The van der Waals surface area contributed by atoms with Gasteiger partial charge in [0.05, 0.1) is 16.1 Å². The summed E-state index contributed by atoms with van der Waals surface area (Å²) in [6.45, 7) is 2.78. The SMILES string of the molecule is Cc1cc(Br)cc2c1O[C@H](C(F)(F)F)C(C(=O)OC(C)O/N=N\O)=C2. The minimum atomic E-state index is -4.84. The molecule has 1 aliphatic rings. The van der Waals surface area contributed by atoms with E-state index in [4.69, 9.17) is 14.7 Å². The lowest BCUT2D eigenvalue weighted by Crippen LogP contribution is -2.41. The predicted octanol–water partition coefficient (Wildman–Crippen LogP) is 4.13. The molecule has 7 nitrogen and oxygen atoms in total. The van der Waals surface area contributed by atoms with E-state index in [2.05, 4.69) is 31.3 Å². The number of halogens is 4. The molecule has 0 saturated carbocycles. The molecule has 25 heavy (non-hydrogen) atoms. The number of esters is 1. The van der Waals surface area contributed by atoms with Crippen molar-refractivity contribution in [3.05, 3.63) is 33.3 Å². The largest absolute Gasteiger partial charge is 0.475 e. The lowest BCUT2D eigenvalue weighted by atomic mass is 9.99. The van der Waals surface area contributed by atoms with Gasteiger partial charge < -0.3 is 19.5 Å². The molecule has 0 aromatic heterocycles. The van der Waals surface area contributed by atoms with Crippen LogP contribution in [0.15, 0.2) is 32.7 Å². The van der Waals surface area contributed by atoms with Crippen molar-refractivity contribution in [1.82, 2.24) is 0 Å². The van der Waals surface area contributed by atoms with Crippen molar-refractivity contribution in [2.45, 2.75) is 32.4 Å². The van der Waals surface area contributed by atoms with Crippen molar-refractivity contribution in [1.29, 1.82) is 0 Å². The summed E-state index contributed by atoms with van der Waals surface area (Å²) in [5.74, 6) is -1.27. The van der Waals surface area contributed by atoms with E-state index >= 15 is 0 Å². The first-order valence-corrected chi connectivity index (χ1v) is 7.59. The molecule has 136 valence electrons. The van der Waals surface area contributed by atoms with Crippen molar-refractivity contribution < 1.29 is 37.5 Å². The third-order valence-corrected chi connectivity index (χ3v) is 3.59. The van der Waals surface area contributed by atoms with Crippen LogP contribution in [0, 0.1) is 6.92 Å². The van der Waals surface area contributed by atoms with Crippen molar-refractivity contribution in [2.75, 3.05) is 0 Å². The number of alkyl halides is 3. The van der Waals surface area contributed by atoms with Crippen LogP contribution in [0.5, 0.6) is 5.75 Å². The number of aryl methyl sites for hydroxylation is 1. The van der Waals surface area contributed by atoms with Gasteiger partial charge in [-0.15, -0.1) is 0 Å². The third-order valence-electron chi connectivity index (χ3n) is 3.14. The molecular formula is C14H12BrF3N2O5. The molecule has 0 spiro atoms. The van der Waals surface area contributed by atoms with Crippen LogP contribution >= 0.6 is 15.9 Å².